The lowest BCUT2D eigenvalue weighted by Gasteiger charge is -2.14. The van der Waals surface area contributed by atoms with E-state index in [9.17, 15) is 22.4 Å². The lowest BCUT2D eigenvalue weighted by molar-refractivity contribution is -0.168. The number of ether oxygens (including phenoxy) is 1. The first kappa shape index (κ1) is 14.3. The predicted molar refractivity (Wildman–Crippen MR) is 46.2 cm³/mol. The summed E-state index contributed by atoms with van der Waals surface area (Å²) in [6.45, 7) is 1.60. The predicted octanol–water partition coefficient (Wildman–Crippen LogP) is 2.52. The van der Waals surface area contributed by atoms with Crippen LogP contribution in [0.25, 0.3) is 0 Å². The summed E-state index contributed by atoms with van der Waals surface area (Å²) in [4.78, 5) is 11.0. The van der Waals surface area contributed by atoms with Crippen LogP contribution >= 0.6 is 0 Å². The quantitative estimate of drug-likeness (QED) is 0.628. The largest absolute Gasteiger partial charge is 0.367 e. The van der Waals surface area contributed by atoms with Gasteiger partial charge in [-0.15, -0.1) is 0 Å². The summed E-state index contributed by atoms with van der Waals surface area (Å²) < 4.78 is 52.1. The Morgan fingerprint density at radius 1 is 1.33 bits per heavy atom. The SMILES string of the molecule is CC(C)CC(=O)COCC(F)(F)C(F)F. The third-order valence-electron chi connectivity index (χ3n) is 1.51. The second-order valence-electron chi connectivity index (χ2n) is 3.69. The number of alkyl halides is 4. The van der Waals surface area contributed by atoms with Crippen LogP contribution in [-0.4, -0.2) is 31.3 Å². The van der Waals surface area contributed by atoms with Crippen LogP contribution in [0, 0.1) is 5.92 Å². The van der Waals surface area contributed by atoms with Gasteiger partial charge in [0.25, 0.3) is 0 Å². The summed E-state index contributed by atoms with van der Waals surface area (Å²) in [5.74, 6) is -4.45. The Bertz CT molecular complexity index is 204. The number of carbonyl (C=O) groups excluding carboxylic acids is 1. The van der Waals surface area contributed by atoms with E-state index in [-0.39, 0.29) is 18.1 Å². The summed E-state index contributed by atoms with van der Waals surface area (Å²) in [6.07, 6.45) is -3.57. The molecule has 0 aromatic carbocycles. The number of ketones is 1. The van der Waals surface area contributed by atoms with Crippen LogP contribution in [-0.2, 0) is 9.53 Å². The fourth-order valence-corrected chi connectivity index (χ4v) is 0.878. The fourth-order valence-electron chi connectivity index (χ4n) is 0.878. The van der Waals surface area contributed by atoms with Gasteiger partial charge in [-0.05, 0) is 5.92 Å². The van der Waals surface area contributed by atoms with E-state index in [1.165, 1.54) is 0 Å². The number of halogens is 4. The molecule has 0 saturated heterocycles. The molecule has 0 radical (unpaired) electrons. The monoisotopic (exact) mass is 230 g/mol. The smallest absolute Gasteiger partial charge is 0.330 e. The average molecular weight is 230 g/mol. The summed E-state index contributed by atoms with van der Waals surface area (Å²) in [6, 6.07) is 0. The molecule has 0 aliphatic rings. The minimum atomic E-state index is -4.18. The third kappa shape index (κ3) is 6.43. The van der Waals surface area contributed by atoms with Gasteiger partial charge < -0.3 is 4.74 Å². The van der Waals surface area contributed by atoms with Gasteiger partial charge in [-0.2, -0.15) is 8.78 Å². The zero-order valence-electron chi connectivity index (χ0n) is 8.60. The Balaban J connectivity index is 3.75. The van der Waals surface area contributed by atoms with Crippen LogP contribution < -0.4 is 0 Å². The molecule has 0 spiro atoms. The van der Waals surface area contributed by atoms with Gasteiger partial charge in [-0.25, -0.2) is 8.78 Å². The van der Waals surface area contributed by atoms with Gasteiger partial charge >= 0.3 is 12.3 Å². The van der Waals surface area contributed by atoms with Crippen LogP contribution in [0.15, 0.2) is 0 Å². The Hall–Kier alpha value is -0.650. The Morgan fingerprint density at radius 3 is 2.27 bits per heavy atom. The van der Waals surface area contributed by atoms with Gasteiger partial charge in [0, 0.05) is 6.42 Å². The second kappa shape index (κ2) is 6.05. The van der Waals surface area contributed by atoms with E-state index in [1.807, 2.05) is 0 Å². The highest BCUT2D eigenvalue weighted by Gasteiger charge is 2.41. The van der Waals surface area contributed by atoms with Crippen LogP contribution in [0.2, 0.25) is 0 Å². The molecule has 0 N–H and O–H groups in total. The molecule has 0 heterocycles. The number of carbonyl (C=O) groups is 1. The minimum absolute atomic E-state index is 0.0942. The molecule has 0 fully saturated rings. The first-order chi connectivity index (χ1) is 6.75. The zero-order chi connectivity index (χ0) is 12.1. The van der Waals surface area contributed by atoms with Crippen molar-refractivity contribution in [2.24, 2.45) is 5.92 Å². The molecule has 0 aromatic heterocycles. The molecule has 2 nitrogen and oxygen atoms in total. The number of hydrogen-bond acceptors (Lipinski definition) is 2. The van der Waals surface area contributed by atoms with Crippen molar-refractivity contribution in [1.29, 1.82) is 0 Å². The first-order valence-electron chi connectivity index (χ1n) is 4.51. The van der Waals surface area contributed by atoms with Crippen LogP contribution in [0.1, 0.15) is 20.3 Å². The molecule has 90 valence electrons. The maximum absolute atomic E-state index is 12.3. The highest BCUT2D eigenvalue weighted by atomic mass is 19.3. The van der Waals surface area contributed by atoms with E-state index >= 15 is 0 Å². The summed E-state index contributed by atoms with van der Waals surface area (Å²) in [5, 5.41) is 0. The van der Waals surface area contributed by atoms with Crippen molar-refractivity contribution in [1.82, 2.24) is 0 Å². The zero-order valence-corrected chi connectivity index (χ0v) is 8.60. The second-order valence-corrected chi connectivity index (χ2v) is 3.69. The van der Waals surface area contributed by atoms with Crippen LogP contribution in [0.5, 0.6) is 0 Å². The molecule has 6 heteroatoms. The van der Waals surface area contributed by atoms with Crippen molar-refractivity contribution in [3.8, 4) is 0 Å². The highest BCUT2D eigenvalue weighted by molar-refractivity contribution is 5.79. The molecule has 0 unspecified atom stereocenters. The molecule has 0 aromatic rings. The maximum Gasteiger partial charge on any atom is 0.330 e. The topological polar surface area (TPSA) is 26.3 Å². The summed E-state index contributed by atoms with van der Waals surface area (Å²) in [7, 11) is 0. The Labute approximate surface area is 85.6 Å². The molecule has 0 aliphatic heterocycles. The van der Waals surface area contributed by atoms with Crippen molar-refractivity contribution in [2.45, 2.75) is 32.6 Å². The molecule has 0 amide bonds. The molecule has 0 saturated carbocycles. The molecule has 15 heavy (non-hydrogen) atoms. The standard InChI is InChI=1S/C9H14F4O2/c1-6(2)3-7(14)4-15-5-9(12,13)8(10)11/h6,8H,3-5H2,1-2H3. The minimum Gasteiger partial charge on any atom is -0.367 e. The molecule has 0 aliphatic carbocycles. The molecule has 0 bridgehead atoms. The van der Waals surface area contributed by atoms with Gasteiger partial charge in [0.05, 0.1) is 0 Å². The fraction of sp³-hybridized carbons (Fsp3) is 0.889. The van der Waals surface area contributed by atoms with Crippen LogP contribution in [0.3, 0.4) is 0 Å². The number of hydrogen-bond donors (Lipinski definition) is 0. The highest BCUT2D eigenvalue weighted by Crippen LogP contribution is 2.22. The third-order valence-corrected chi connectivity index (χ3v) is 1.51. The van der Waals surface area contributed by atoms with Crippen molar-refractivity contribution >= 4 is 5.78 Å². The number of rotatable bonds is 7. The normalized spacial score (nSPS) is 12.5. The Kier molecular flexibility index (Phi) is 5.79. The number of Topliss-reactive ketones (excluding diaryl/α,β-unsaturated/α-hetero) is 1. The van der Waals surface area contributed by atoms with E-state index in [0.717, 1.165) is 0 Å². The van der Waals surface area contributed by atoms with E-state index in [1.54, 1.807) is 13.8 Å². The van der Waals surface area contributed by atoms with Crippen molar-refractivity contribution in [3.63, 3.8) is 0 Å². The lowest BCUT2D eigenvalue weighted by Crippen LogP contribution is -2.33. The van der Waals surface area contributed by atoms with E-state index in [0.29, 0.717) is 0 Å². The van der Waals surface area contributed by atoms with E-state index in [2.05, 4.69) is 4.74 Å². The van der Waals surface area contributed by atoms with Gasteiger partial charge in [0.2, 0.25) is 0 Å². The Morgan fingerprint density at radius 2 is 1.87 bits per heavy atom. The van der Waals surface area contributed by atoms with Crippen molar-refractivity contribution in [3.05, 3.63) is 0 Å². The van der Waals surface area contributed by atoms with Crippen LogP contribution in [0.4, 0.5) is 17.6 Å². The van der Waals surface area contributed by atoms with Gasteiger partial charge in [-0.1, -0.05) is 13.8 Å². The van der Waals surface area contributed by atoms with Crippen molar-refractivity contribution < 1.29 is 27.1 Å². The lowest BCUT2D eigenvalue weighted by atomic mass is 10.1. The van der Waals surface area contributed by atoms with Crippen molar-refractivity contribution in [2.75, 3.05) is 13.2 Å². The molecular weight excluding hydrogens is 216 g/mol. The van der Waals surface area contributed by atoms with E-state index < -0.39 is 25.6 Å². The van der Waals surface area contributed by atoms with Gasteiger partial charge in [0.1, 0.15) is 13.2 Å². The first-order valence-corrected chi connectivity index (χ1v) is 4.51. The molecule has 0 atom stereocenters. The average Bonchev–Trinajstić information content (AvgIpc) is 2.01. The molecular formula is C9H14F4O2. The summed E-state index contributed by atoms with van der Waals surface area (Å²) >= 11 is 0. The maximum atomic E-state index is 12.3. The molecule has 0 rings (SSSR count). The van der Waals surface area contributed by atoms with Gasteiger partial charge in [-0.3, -0.25) is 4.79 Å². The van der Waals surface area contributed by atoms with E-state index in [4.69, 9.17) is 0 Å². The summed E-state index contributed by atoms with van der Waals surface area (Å²) in [5.41, 5.74) is 0. The van der Waals surface area contributed by atoms with Gasteiger partial charge in [0.15, 0.2) is 5.78 Å².